The lowest BCUT2D eigenvalue weighted by atomic mass is 9.82. The predicted octanol–water partition coefficient (Wildman–Crippen LogP) is 3.20. The molecule has 0 radical (unpaired) electrons. The van der Waals surface area contributed by atoms with E-state index in [1.54, 1.807) is 10.9 Å². The Morgan fingerprint density at radius 1 is 1.27 bits per heavy atom. The molecule has 0 unspecified atom stereocenters. The van der Waals surface area contributed by atoms with Crippen molar-refractivity contribution in [2.75, 3.05) is 6.61 Å². The standard InChI is InChI=1S/C17H19FN2O2/c18-12-4-5-14-15(8-12)19-11-20(16(14)21)13-9-17(22-10-13)6-2-1-3-7-17/h4-5,8,11,13H,1-3,6-7,9-10H2/t13-/m1/s1. The van der Waals surface area contributed by atoms with E-state index in [4.69, 9.17) is 4.74 Å². The minimum Gasteiger partial charge on any atom is -0.373 e. The number of hydrogen-bond acceptors (Lipinski definition) is 3. The first-order valence-electron chi connectivity index (χ1n) is 7.97. The molecule has 116 valence electrons. The molecule has 1 aliphatic heterocycles. The van der Waals surface area contributed by atoms with Crippen LogP contribution in [-0.2, 0) is 4.74 Å². The Labute approximate surface area is 127 Å². The fraction of sp³-hybridized carbons (Fsp3) is 0.529. The second-order valence-electron chi connectivity index (χ2n) is 6.53. The second-order valence-corrected chi connectivity index (χ2v) is 6.53. The number of nitrogens with zero attached hydrogens (tertiary/aromatic N) is 2. The van der Waals surface area contributed by atoms with Gasteiger partial charge in [0, 0.05) is 6.07 Å². The van der Waals surface area contributed by atoms with Gasteiger partial charge in [-0.25, -0.2) is 9.37 Å². The fourth-order valence-corrected chi connectivity index (χ4v) is 3.91. The lowest BCUT2D eigenvalue weighted by Crippen LogP contribution is -2.31. The maximum absolute atomic E-state index is 13.2. The summed E-state index contributed by atoms with van der Waals surface area (Å²) < 4.78 is 21.0. The Hall–Kier alpha value is -1.75. The highest BCUT2D eigenvalue weighted by Gasteiger charge is 2.42. The van der Waals surface area contributed by atoms with Crippen molar-refractivity contribution in [1.29, 1.82) is 0 Å². The Bertz CT molecular complexity index is 765. The molecular formula is C17H19FN2O2. The van der Waals surface area contributed by atoms with E-state index in [-0.39, 0.29) is 23.0 Å². The lowest BCUT2D eigenvalue weighted by molar-refractivity contribution is -0.0248. The molecule has 22 heavy (non-hydrogen) atoms. The summed E-state index contributed by atoms with van der Waals surface area (Å²) in [4.78, 5) is 16.9. The lowest BCUT2D eigenvalue weighted by Gasteiger charge is -2.32. The summed E-state index contributed by atoms with van der Waals surface area (Å²) in [5, 5.41) is 0.466. The summed E-state index contributed by atoms with van der Waals surface area (Å²) in [5.74, 6) is -0.373. The van der Waals surface area contributed by atoms with Gasteiger partial charge in [-0.2, -0.15) is 0 Å². The molecule has 1 aromatic carbocycles. The molecule has 2 aromatic rings. The molecule has 1 atom stereocenters. The van der Waals surface area contributed by atoms with E-state index in [0.29, 0.717) is 17.5 Å². The van der Waals surface area contributed by atoms with Crippen molar-refractivity contribution in [3.8, 4) is 0 Å². The molecule has 5 heteroatoms. The Morgan fingerprint density at radius 3 is 2.91 bits per heavy atom. The summed E-state index contributed by atoms with van der Waals surface area (Å²) >= 11 is 0. The minimum absolute atomic E-state index is 0.0348. The topological polar surface area (TPSA) is 44.1 Å². The average molecular weight is 302 g/mol. The van der Waals surface area contributed by atoms with Gasteiger partial charge in [-0.15, -0.1) is 0 Å². The molecule has 0 amide bonds. The molecule has 1 spiro atoms. The SMILES string of the molecule is O=c1c2ccc(F)cc2ncn1[C@H]1COC2(CCCCC2)C1. The van der Waals surface area contributed by atoms with Crippen LogP contribution in [-0.4, -0.2) is 21.8 Å². The molecular weight excluding hydrogens is 283 g/mol. The fourth-order valence-electron chi connectivity index (χ4n) is 3.91. The van der Waals surface area contributed by atoms with Crippen LogP contribution >= 0.6 is 0 Å². The number of aromatic nitrogens is 2. The molecule has 1 aromatic heterocycles. The van der Waals surface area contributed by atoms with Gasteiger partial charge < -0.3 is 4.74 Å². The third kappa shape index (κ3) is 2.24. The smallest absolute Gasteiger partial charge is 0.261 e. The largest absolute Gasteiger partial charge is 0.373 e. The van der Waals surface area contributed by atoms with Gasteiger partial charge in [0.15, 0.2) is 0 Å². The van der Waals surface area contributed by atoms with Crippen LogP contribution in [0.25, 0.3) is 10.9 Å². The van der Waals surface area contributed by atoms with Crippen molar-refractivity contribution in [1.82, 2.24) is 9.55 Å². The van der Waals surface area contributed by atoms with Crippen molar-refractivity contribution < 1.29 is 9.13 Å². The molecule has 2 fully saturated rings. The third-order valence-corrected chi connectivity index (χ3v) is 5.09. The van der Waals surface area contributed by atoms with E-state index < -0.39 is 0 Å². The maximum atomic E-state index is 13.2. The quantitative estimate of drug-likeness (QED) is 0.812. The van der Waals surface area contributed by atoms with E-state index in [1.807, 2.05) is 0 Å². The number of benzene rings is 1. The van der Waals surface area contributed by atoms with E-state index in [9.17, 15) is 9.18 Å². The van der Waals surface area contributed by atoms with Crippen LogP contribution in [0.15, 0.2) is 29.3 Å². The average Bonchev–Trinajstić information content (AvgIpc) is 2.91. The molecule has 2 heterocycles. The van der Waals surface area contributed by atoms with Crippen molar-refractivity contribution in [2.45, 2.75) is 50.2 Å². The molecule has 0 N–H and O–H groups in total. The van der Waals surface area contributed by atoms with Gasteiger partial charge in [0.25, 0.3) is 5.56 Å². The number of fused-ring (bicyclic) bond motifs is 1. The first-order valence-corrected chi connectivity index (χ1v) is 7.97. The van der Waals surface area contributed by atoms with Crippen molar-refractivity contribution in [2.24, 2.45) is 0 Å². The first kappa shape index (κ1) is 13.9. The zero-order valence-electron chi connectivity index (χ0n) is 12.4. The molecule has 1 saturated carbocycles. The van der Waals surface area contributed by atoms with Crippen LogP contribution in [0.5, 0.6) is 0 Å². The van der Waals surface area contributed by atoms with Gasteiger partial charge in [-0.05, 0) is 31.4 Å². The monoisotopic (exact) mass is 302 g/mol. The van der Waals surface area contributed by atoms with Crippen LogP contribution in [0.1, 0.15) is 44.6 Å². The summed E-state index contributed by atoms with van der Waals surface area (Å²) in [6.07, 6.45) is 8.28. The Balaban J connectivity index is 1.69. The number of halogens is 1. The van der Waals surface area contributed by atoms with Crippen LogP contribution in [0.2, 0.25) is 0 Å². The Kier molecular flexibility index (Phi) is 3.26. The van der Waals surface area contributed by atoms with Gasteiger partial charge >= 0.3 is 0 Å². The molecule has 1 saturated heterocycles. The third-order valence-electron chi connectivity index (χ3n) is 5.09. The van der Waals surface area contributed by atoms with E-state index in [0.717, 1.165) is 19.3 Å². The maximum Gasteiger partial charge on any atom is 0.261 e. The highest BCUT2D eigenvalue weighted by atomic mass is 19.1. The second kappa shape index (κ2) is 5.16. The molecule has 0 bridgehead atoms. The van der Waals surface area contributed by atoms with E-state index in [1.165, 1.54) is 37.5 Å². The van der Waals surface area contributed by atoms with Gasteiger partial charge in [0.05, 0.1) is 35.5 Å². The molecule has 1 aliphatic carbocycles. The summed E-state index contributed by atoms with van der Waals surface area (Å²) in [6, 6.07) is 4.16. The zero-order chi connectivity index (χ0) is 15.2. The summed E-state index contributed by atoms with van der Waals surface area (Å²) in [7, 11) is 0. The zero-order valence-corrected chi connectivity index (χ0v) is 12.4. The van der Waals surface area contributed by atoms with Crippen LogP contribution in [0.3, 0.4) is 0 Å². The van der Waals surface area contributed by atoms with Gasteiger partial charge in [0.1, 0.15) is 5.82 Å². The number of hydrogen-bond donors (Lipinski definition) is 0. The molecule has 2 aliphatic rings. The van der Waals surface area contributed by atoms with Gasteiger partial charge in [-0.3, -0.25) is 9.36 Å². The summed E-state index contributed by atoms with van der Waals surface area (Å²) in [6.45, 7) is 0.564. The minimum atomic E-state index is -0.373. The van der Waals surface area contributed by atoms with Gasteiger partial charge in [0.2, 0.25) is 0 Å². The summed E-state index contributed by atoms with van der Waals surface area (Å²) in [5.41, 5.74) is 0.263. The van der Waals surface area contributed by atoms with Crippen molar-refractivity contribution >= 4 is 10.9 Å². The first-order chi connectivity index (χ1) is 10.7. The van der Waals surface area contributed by atoms with Crippen LogP contribution in [0.4, 0.5) is 4.39 Å². The van der Waals surface area contributed by atoms with Crippen LogP contribution in [0, 0.1) is 5.82 Å². The van der Waals surface area contributed by atoms with Crippen LogP contribution < -0.4 is 5.56 Å². The van der Waals surface area contributed by atoms with Gasteiger partial charge in [-0.1, -0.05) is 19.3 Å². The predicted molar refractivity (Wildman–Crippen MR) is 81.4 cm³/mol. The Morgan fingerprint density at radius 2 is 2.09 bits per heavy atom. The normalized spacial score (nSPS) is 24.1. The molecule has 4 rings (SSSR count). The highest BCUT2D eigenvalue weighted by Crippen LogP contribution is 2.42. The van der Waals surface area contributed by atoms with E-state index in [2.05, 4.69) is 4.98 Å². The number of rotatable bonds is 1. The number of ether oxygens (including phenoxy) is 1. The highest BCUT2D eigenvalue weighted by molar-refractivity contribution is 5.77. The van der Waals surface area contributed by atoms with E-state index >= 15 is 0 Å². The van der Waals surface area contributed by atoms with Crippen molar-refractivity contribution in [3.05, 3.63) is 40.7 Å². The van der Waals surface area contributed by atoms with Crippen molar-refractivity contribution in [3.63, 3.8) is 0 Å². The molecule has 4 nitrogen and oxygen atoms in total.